The fraction of sp³-hybridized carbons (Fsp3) is 0.789. The lowest BCUT2D eigenvalue weighted by molar-refractivity contribution is -0.153. The zero-order valence-electron chi connectivity index (χ0n) is 14.6. The van der Waals surface area contributed by atoms with Crippen LogP contribution in [0.3, 0.4) is 0 Å². The molecule has 2 heterocycles. The average Bonchev–Trinajstić information content (AvgIpc) is 3.06. The second-order valence-electron chi connectivity index (χ2n) is 8.90. The van der Waals surface area contributed by atoms with Gasteiger partial charge in [-0.1, -0.05) is 18.1 Å². The third kappa shape index (κ3) is 1.83. The zero-order chi connectivity index (χ0) is 17.4. The number of hydrogen-bond donors (Lipinski definition) is 2. The summed E-state index contributed by atoms with van der Waals surface area (Å²) < 4.78 is 6.89. The summed E-state index contributed by atoms with van der Waals surface area (Å²) in [6, 6.07) is -0.469. The van der Waals surface area contributed by atoms with Gasteiger partial charge in [-0.05, 0) is 79.0 Å². The molecule has 2 saturated carbocycles. The molecule has 3 aliphatic carbocycles. The van der Waals surface area contributed by atoms with Crippen molar-refractivity contribution in [3.8, 4) is 0 Å². The van der Waals surface area contributed by atoms with Gasteiger partial charge < -0.3 is 14.9 Å². The molecule has 5 rings (SSSR count). The van der Waals surface area contributed by atoms with Crippen molar-refractivity contribution in [2.45, 2.75) is 81.3 Å². The number of azide groups is 1. The van der Waals surface area contributed by atoms with Gasteiger partial charge in [0, 0.05) is 4.91 Å². The Morgan fingerprint density at radius 2 is 2.12 bits per heavy atom. The molecular formula is C19H25N3O3. The molecule has 134 valence electrons. The van der Waals surface area contributed by atoms with Crippen molar-refractivity contribution in [1.29, 1.82) is 0 Å². The van der Waals surface area contributed by atoms with Crippen LogP contribution in [-0.2, 0) is 4.74 Å². The molecular weight excluding hydrogens is 318 g/mol. The fourth-order valence-corrected chi connectivity index (χ4v) is 6.58. The van der Waals surface area contributed by atoms with Crippen LogP contribution < -0.4 is 0 Å². The molecule has 2 aliphatic heterocycles. The van der Waals surface area contributed by atoms with Crippen molar-refractivity contribution in [3.63, 3.8) is 0 Å². The number of ether oxygens (including phenoxy) is 1. The first-order valence-corrected chi connectivity index (χ1v) is 9.47. The van der Waals surface area contributed by atoms with Gasteiger partial charge in [-0.3, -0.25) is 0 Å². The molecule has 6 nitrogen and oxygen atoms in total. The molecule has 3 fully saturated rings. The largest absolute Gasteiger partial charge is 0.393 e. The molecule has 0 aromatic heterocycles. The lowest BCUT2D eigenvalue weighted by atomic mass is 9.58. The lowest BCUT2D eigenvalue weighted by Crippen LogP contribution is -2.56. The molecule has 1 saturated heterocycles. The van der Waals surface area contributed by atoms with Gasteiger partial charge in [0.15, 0.2) is 0 Å². The Morgan fingerprint density at radius 1 is 1.28 bits per heavy atom. The third-order valence-corrected chi connectivity index (χ3v) is 7.94. The minimum absolute atomic E-state index is 0.0670. The number of aliphatic hydroxyl groups excluding tert-OH is 2. The van der Waals surface area contributed by atoms with E-state index in [-0.39, 0.29) is 17.1 Å². The van der Waals surface area contributed by atoms with Crippen molar-refractivity contribution >= 4 is 0 Å². The van der Waals surface area contributed by atoms with E-state index >= 15 is 0 Å². The van der Waals surface area contributed by atoms with E-state index in [1.807, 2.05) is 6.08 Å². The number of nitrogens with zero attached hydrogens (tertiary/aromatic N) is 3. The summed E-state index contributed by atoms with van der Waals surface area (Å²) in [5.74, 6) is 0.348. The summed E-state index contributed by atoms with van der Waals surface area (Å²) >= 11 is 0. The van der Waals surface area contributed by atoms with Crippen molar-refractivity contribution in [1.82, 2.24) is 0 Å². The van der Waals surface area contributed by atoms with E-state index in [4.69, 9.17) is 10.3 Å². The molecule has 0 aromatic carbocycles. The summed E-state index contributed by atoms with van der Waals surface area (Å²) in [5, 5.41) is 24.7. The Hall–Kier alpha value is -1.33. The highest BCUT2D eigenvalue weighted by Crippen LogP contribution is 2.67. The van der Waals surface area contributed by atoms with Crippen molar-refractivity contribution in [2.24, 2.45) is 16.4 Å². The maximum atomic E-state index is 10.6. The highest BCUT2D eigenvalue weighted by molar-refractivity contribution is 5.47. The molecule has 2 N–H and O–H groups in total. The number of aliphatic hydroxyl groups is 2. The first kappa shape index (κ1) is 15.9. The van der Waals surface area contributed by atoms with Crippen molar-refractivity contribution < 1.29 is 14.9 Å². The molecule has 25 heavy (non-hydrogen) atoms. The zero-order valence-corrected chi connectivity index (χ0v) is 14.6. The third-order valence-electron chi connectivity index (χ3n) is 7.94. The van der Waals surface area contributed by atoms with Crippen LogP contribution in [0.1, 0.15) is 51.9 Å². The van der Waals surface area contributed by atoms with E-state index in [0.717, 1.165) is 44.1 Å². The summed E-state index contributed by atoms with van der Waals surface area (Å²) in [4.78, 5) is 2.91. The van der Waals surface area contributed by atoms with Crippen LogP contribution >= 0.6 is 0 Å². The number of hydrogen-bond acceptors (Lipinski definition) is 4. The van der Waals surface area contributed by atoms with Gasteiger partial charge in [0.25, 0.3) is 0 Å². The standard InChI is InChI=1S/C19H25N3O3/c1-17-5-4-11-8-12-9-14(23)13(21-22-20)10-18(12)6-7-19(11,25-18)15(17)2-3-16(17)24/h8-9,13-16,23-24H,2-7,10H2,1H3/t13-,14?,15+,16-,17-,18+,19+/m0/s1. The first-order valence-electron chi connectivity index (χ1n) is 9.47. The molecule has 5 aliphatic rings. The molecule has 0 amide bonds. The summed E-state index contributed by atoms with van der Waals surface area (Å²) in [5.41, 5.74) is 10.5. The van der Waals surface area contributed by atoms with E-state index in [2.05, 4.69) is 23.0 Å². The number of fused-ring (bicyclic) bond motifs is 1. The van der Waals surface area contributed by atoms with Crippen LogP contribution in [0.4, 0.5) is 0 Å². The molecule has 1 unspecified atom stereocenters. The van der Waals surface area contributed by atoms with Crippen LogP contribution in [-0.4, -0.2) is 39.7 Å². The van der Waals surface area contributed by atoms with Gasteiger partial charge in [0.05, 0.1) is 29.5 Å². The van der Waals surface area contributed by atoms with Gasteiger partial charge in [0.2, 0.25) is 0 Å². The molecule has 6 heteroatoms. The van der Waals surface area contributed by atoms with Gasteiger partial charge in [0.1, 0.15) is 0 Å². The average molecular weight is 343 g/mol. The predicted octanol–water partition coefficient (Wildman–Crippen LogP) is 3.16. The van der Waals surface area contributed by atoms with E-state index in [1.165, 1.54) is 5.57 Å². The highest BCUT2D eigenvalue weighted by atomic mass is 16.5. The van der Waals surface area contributed by atoms with Crippen LogP contribution in [0.15, 0.2) is 28.4 Å². The normalized spacial score (nSPS) is 53.1. The maximum absolute atomic E-state index is 10.6. The molecule has 2 spiro atoms. The van der Waals surface area contributed by atoms with Gasteiger partial charge in [-0.2, -0.15) is 0 Å². The number of rotatable bonds is 1. The minimum Gasteiger partial charge on any atom is -0.393 e. The summed E-state index contributed by atoms with van der Waals surface area (Å²) in [7, 11) is 0. The van der Waals surface area contributed by atoms with E-state index in [9.17, 15) is 10.2 Å². The van der Waals surface area contributed by atoms with E-state index in [1.54, 1.807) is 0 Å². The quantitative estimate of drug-likeness (QED) is 0.434. The second-order valence-corrected chi connectivity index (χ2v) is 8.90. The Labute approximate surface area is 147 Å². The summed E-state index contributed by atoms with van der Waals surface area (Å²) in [6.07, 6.45) is 9.32. The monoisotopic (exact) mass is 343 g/mol. The van der Waals surface area contributed by atoms with E-state index in [0.29, 0.717) is 12.3 Å². The molecule has 7 atom stereocenters. The Morgan fingerprint density at radius 3 is 2.92 bits per heavy atom. The lowest BCUT2D eigenvalue weighted by Gasteiger charge is -2.55. The SMILES string of the molecule is C[C@]12CCC3=CC4=CC(O)[C@@H](N=[N+]=[N-])C[C@]45CC[C@]3(O5)[C@@H]1CC[C@@H]2O. The van der Waals surface area contributed by atoms with Crippen molar-refractivity contribution in [3.05, 3.63) is 33.7 Å². The topological polar surface area (TPSA) is 98.5 Å². The van der Waals surface area contributed by atoms with Gasteiger partial charge in [-0.15, -0.1) is 0 Å². The van der Waals surface area contributed by atoms with Gasteiger partial charge in [-0.25, -0.2) is 0 Å². The van der Waals surface area contributed by atoms with Crippen LogP contribution in [0.25, 0.3) is 10.4 Å². The van der Waals surface area contributed by atoms with E-state index < -0.39 is 17.7 Å². The smallest absolute Gasteiger partial charge is 0.0947 e. The Bertz CT molecular complexity index is 742. The molecule has 2 bridgehead atoms. The summed E-state index contributed by atoms with van der Waals surface area (Å²) in [6.45, 7) is 2.23. The second kappa shape index (κ2) is 4.89. The van der Waals surface area contributed by atoms with Crippen LogP contribution in [0, 0.1) is 11.3 Å². The molecule has 0 radical (unpaired) electrons. The first-order chi connectivity index (χ1) is 11.9. The maximum Gasteiger partial charge on any atom is 0.0947 e. The van der Waals surface area contributed by atoms with Crippen LogP contribution in [0.2, 0.25) is 0 Å². The van der Waals surface area contributed by atoms with Gasteiger partial charge >= 0.3 is 0 Å². The van der Waals surface area contributed by atoms with Crippen LogP contribution in [0.5, 0.6) is 0 Å². The molecule has 0 aromatic rings. The minimum atomic E-state index is -0.743. The van der Waals surface area contributed by atoms with Crippen molar-refractivity contribution in [2.75, 3.05) is 0 Å². The predicted molar refractivity (Wildman–Crippen MR) is 91.6 cm³/mol. The fourth-order valence-electron chi connectivity index (χ4n) is 6.58. The Kier molecular flexibility index (Phi) is 3.11. The Balaban J connectivity index is 1.61. The highest BCUT2D eigenvalue weighted by Gasteiger charge is 2.67.